The van der Waals surface area contributed by atoms with Gasteiger partial charge in [0.15, 0.2) is 0 Å². The first-order valence-corrected chi connectivity index (χ1v) is 10.2. The van der Waals surface area contributed by atoms with E-state index in [1.54, 1.807) is 10.9 Å². The van der Waals surface area contributed by atoms with Crippen LogP contribution in [0.2, 0.25) is 0 Å². The molecule has 1 saturated heterocycles. The van der Waals surface area contributed by atoms with Gasteiger partial charge in [0.05, 0.1) is 5.52 Å². The summed E-state index contributed by atoms with van der Waals surface area (Å²) < 4.78 is 7.74. The molecule has 1 aliphatic rings. The largest absolute Gasteiger partial charge is 0.457 e. The van der Waals surface area contributed by atoms with Crippen LogP contribution in [-0.4, -0.2) is 32.8 Å². The van der Waals surface area contributed by atoms with Gasteiger partial charge in [-0.15, -0.1) is 0 Å². The molecule has 0 spiro atoms. The van der Waals surface area contributed by atoms with Crippen molar-refractivity contribution in [3.05, 3.63) is 67.0 Å². The molecule has 0 saturated carbocycles. The molecule has 146 valence electrons. The van der Waals surface area contributed by atoms with Crippen LogP contribution in [0.3, 0.4) is 0 Å². The maximum absolute atomic E-state index is 6.03. The Morgan fingerprint density at radius 1 is 0.793 bits per heavy atom. The Morgan fingerprint density at radius 2 is 1.62 bits per heavy atom. The minimum atomic E-state index is 0.582. The Kier molecular flexibility index (Phi) is 4.82. The first-order chi connectivity index (χ1) is 14.4. The van der Waals surface area contributed by atoms with Crippen LogP contribution in [-0.2, 0) is 0 Å². The maximum atomic E-state index is 6.03. The molecule has 0 unspecified atom stereocenters. The molecular formula is C23H23N5O. The Bertz CT molecular complexity index is 1090. The van der Waals surface area contributed by atoms with E-state index in [1.807, 2.05) is 54.7 Å². The van der Waals surface area contributed by atoms with Gasteiger partial charge in [0.1, 0.15) is 17.3 Å². The number of hydrogen-bond acceptors (Lipinski definition) is 5. The van der Waals surface area contributed by atoms with Gasteiger partial charge >= 0.3 is 0 Å². The van der Waals surface area contributed by atoms with Crippen LogP contribution in [0.4, 0.5) is 5.82 Å². The Morgan fingerprint density at radius 3 is 2.38 bits per heavy atom. The highest BCUT2D eigenvalue weighted by molar-refractivity contribution is 5.91. The Hall–Kier alpha value is -3.41. The first kappa shape index (κ1) is 17.7. The lowest BCUT2D eigenvalue weighted by Gasteiger charge is -2.23. The third-order valence-electron chi connectivity index (χ3n) is 5.23. The van der Waals surface area contributed by atoms with E-state index < -0.39 is 0 Å². The van der Waals surface area contributed by atoms with Crippen LogP contribution in [0.25, 0.3) is 16.9 Å². The van der Waals surface area contributed by atoms with Gasteiger partial charge in [-0.1, -0.05) is 31.0 Å². The normalized spacial score (nSPS) is 14.7. The zero-order valence-corrected chi connectivity index (χ0v) is 16.2. The van der Waals surface area contributed by atoms with Gasteiger partial charge in [-0.3, -0.25) is 0 Å². The van der Waals surface area contributed by atoms with Gasteiger partial charge in [0.2, 0.25) is 0 Å². The van der Waals surface area contributed by atoms with Crippen LogP contribution in [0, 0.1) is 0 Å². The van der Waals surface area contributed by atoms with Gasteiger partial charge < -0.3 is 9.64 Å². The lowest BCUT2D eigenvalue weighted by molar-refractivity contribution is 0.483. The van der Waals surface area contributed by atoms with Crippen LogP contribution < -0.4 is 9.64 Å². The van der Waals surface area contributed by atoms with E-state index in [4.69, 9.17) is 14.7 Å². The molecule has 0 aliphatic carbocycles. The average molecular weight is 385 g/mol. The number of aromatic nitrogens is 4. The van der Waals surface area contributed by atoms with Crippen LogP contribution in [0.5, 0.6) is 11.5 Å². The van der Waals surface area contributed by atoms with Crippen LogP contribution in [0.1, 0.15) is 25.7 Å². The van der Waals surface area contributed by atoms with E-state index in [1.165, 1.54) is 25.7 Å². The summed E-state index contributed by atoms with van der Waals surface area (Å²) in [4.78, 5) is 12.1. The summed E-state index contributed by atoms with van der Waals surface area (Å²) in [7, 11) is 0. The van der Waals surface area contributed by atoms with Crippen LogP contribution in [0.15, 0.2) is 67.0 Å². The monoisotopic (exact) mass is 385 g/mol. The van der Waals surface area contributed by atoms with Gasteiger partial charge in [0, 0.05) is 36.9 Å². The van der Waals surface area contributed by atoms with Crippen molar-refractivity contribution in [1.82, 2.24) is 19.7 Å². The lowest BCUT2D eigenvalue weighted by Crippen LogP contribution is -2.26. The SMILES string of the molecule is c1ccc(Oc2ccc3c(N4CCCCCC4)nc(-n4cccn4)nc3c2)cc1. The van der Waals surface area contributed by atoms with Gasteiger partial charge in [0.25, 0.3) is 5.95 Å². The summed E-state index contributed by atoms with van der Waals surface area (Å²) in [6, 6.07) is 17.7. The fourth-order valence-corrected chi connectivity index (χ4v) is 3.78. The summed E-state index contributed by atoms with van der Waals surface area (Å²) >= 11 is 0. The smallest absolute Gasteiger partial charge is 0.253 e. The van der Waals surface area contributed by atoms with E-state index >= 15 is 0 Å². The molecule has 0 amide bonds. The minimum Gasteiger partial charge on any atom is -0.457 e. The number of hydrogen-bond donors (Lipinski definition) is 0. The standard InChI is InChI=1S/C23H23N5O/c1-2-7-15-27(14-6-1)22-20-12-11-19(29-18-9-4-3-5-10-18)17-21(20)25-23(26-22)28-16-8-13-24-28/h3-5,8-13,16-17H,1-2,6-7,14-15H2. The molecule has 2 aromatic heterocycles. The van der Waals surface area contributed by atoms with E-state index in [0.717, 1.165) is 41.3 Å². The highest BCUT2D eigenvalue weighted by Crippen LogP contribution is 2.31. The molecule has 0 N–H and O–H groups in total. The number of rotatable bonds is 4. The number of benzene rings is 2. The quantitative estimate of drug-likeness (QED) is 0.495. The number of nitrogens with zero attached hydrogens (tertiary/aromatic N) is 5. The van der Waals surface area contributed by atoms with Crippen molar-refractivity contribution < 1.29 is 4.74 Å². The van der Waals surface area contributed by atoms with E-state index in [0.29, 0.717) is 5.95 Å². The van der Waals surface area contributed by atoms with Crippen molar-refractivity contribution in [2.75, 3.05) is 18.0 Å². The zero-order valence-electron chi connectivity index (χ0n) is 16.2. The third-order valence-corrected chi connectivity index (χ3v) is 5.23. The van der Waals surface area contributed by atoms with E-state index in [2.05, 4.69) is 16.1 Å². The summed E-state index contributed by atoms with van der Waals surface area (Å²) in [6.07, 6.45) is 8.56. The summed E-state index contributed by atoms with van der Waals surface area (Å²) in [5, 5.41) is 5.37. The molecule has 6 heteroatoms. The van der Waals surface area contributed by atoms with Crippen molar-refractivity contribution in [1.29, 1.82) is 0 Å². The Labute approximate surface area is 169 Å². The molecule has 0 radical (unpaired) electrons. The average Bonchev–Trinajstić information content (AvgIpc) is 3.16. The van der Waals surface area contributed by atoms with E-state index in [-0.39, 0.29) is 0 Å². The number of anilines is 1. The molecule has 1 aliphatic heterocycles. The topological polar surface area (TPSA) is 56.1 Å². The van der Waals surface area contributed by atoms with Crippen molar-refractivity contribution in [2.45, 2.75) is 25.7 Å². The molecule has 2 aromatic carbocycles. The van der Waals surface area contributed by atoms with Crippen molar-refractivity contribution in [2.24, 2.45) is 0 Å². The first-order valence-electron chi connectivity index (χ1n) is 10.2. The fourth-order valence-electron chi connectivity index (χ4n) is 3.78. The Balaban J connectivity index is 1.60. The molecule has 1 fully saturated rings. The van der Waals surface area contributed by atoms with Crippen molar-refractivity contribution in [3.63, 3.8) is 0 Å². The van der Waals surface area contributed by atoms with Gasteiger partial charge in [-0.05, 0) is 43.2 Å². The van der Waals surface area contributed by atoms with Gasteiger partial charge in [-0.2, -0.15) is 10.1 Å². The highest BCUT2D eigenvalue weighted by atomic mass is 16.5. The molecule has 4 aromatic rings. The molecular weight excluding hydrogens is 362 g/mol. The number of fused-ring (bicyclic) bond motifs is 1. The molecule has 3 heterocycles. The second-order valence-corrected chi connectivity index (χ2v) is 7.29. The summed E-state index contributed by atoms with van der Waals surface area (Å²) in [5.74, 6) is 3.13. The third kappa shape index (κ3) is 3.78. The minimum absolute atomic E-state index is 0.582. The molecule has 0 atom stereocenters. The number of para-hydroxylation sites is 1. The molecule has 0 bridgehead atoms. The van der Waals surface area contributed by atoms with Crippen LogP contribution >= 0.6 is 0 Å². The fraction of sp³-hybridized carbons (Fsp3) is 0.261. The summed E-state index contributed by atoms with van der Waals surface area (Å²) in [6.45, 7) is 2.04. The van der Waals surface area contributed by atoms with Gasteiger partial charge in [-0.25, -0.2) is 9.67 Å². The summed E-state index contributed by atoms with van der Waals surface area (Å²) in [5.41, 5.74) is 0.859. The molecule has 29 heavy (non-hydrogen) atoms. The maximum Gasteiger partial charge on any atom is 0.253 e. The number of ether oxygens (including phenoxy) is 1. The van der Waals surface area contributed by atoms with Crippen molar-refractivity contribution in [3.8, 4) is 17.4 Å². The second-order valence-electron chi connectivity index (χ2n) is 7.29. The zero-order chi connectivity index (χ0) is 19.5. The predicted octanol–water partition coefficient (Wildman–Crippen LogP) is 4.99. The predicted molar refractivity (Wildman–Crippen MR) is 114 cm³/mol. The van der Waals surface area contributed by atoms with E-state index in [9.17, 15) is 0 Å². The molecule has 5 rings (SSSR count). The van der Waals surface area contributed by atoms with Crippen molar-refractivity contribution >= 4 is 16.7 Å². The lowest BCUT2D eigenvalue weighted by atomic mass is 10.2. The molecule has 6 nitrogen and oxygen atoms in total. The second kappa shape index (κ2) is 7.91. The highest BCUT2D eigenvalue weighted by Gasteiger charge is 2.18.